The third-order valence-electron chi connectivity index (χ3n) is 3.62. The number of carbonyl (C=O) groups excluding carboxylic acids is 1. The van der Waals surface area contributed by atoms with Crippen molar-refractivity contribution < 1.29 is 19.0 Å². The number of carbonyl (C=O) groups is 1. The average molecular weight is 316 g/mol. The zero-order valence-electron chi connectivity index (χ0n) is 14.8. The Morgan fingerprint density at radius 1 is 1.41 bits per heavy atom. The lowest BCUT2D eigenvalue weighted by Crippen LogP contribution is -2.55. The van der Waals surface area contributed by atoms with Crippen LogP contribution in [0.1, 0.15) is 34.6 Å². The van der Waals surface area contributed by atoms with Gasteiger partial charge in [-0.15, -0.1) is 0 Å². The van der Waals surface area contributed by atoms with E-state index >= 15 is 0 Å². The van der Waals surface area contributed by atoms with Gasteiger partial charge in [-0.25, -0.2) is 4.79 Å². The molecule has 6 nitrogen and oxygen atoms in total. The van der Waals surface area contributed by atoms with Gasteiger partial charge in [0.1, 0.15) is 5.60 Å². The Balaban J connectivity index is 2.59. The number of rotatable bonds is 6. The summed E-state index contributed by atoms with van der Waals surface area (Å²) in [5, 5.41) is 3.48. The molecule has 1 heterocycles. The van der Waals surface area contributed by atoms with E-state index in [-0.39, 0.29) is 18.2 Å². The fourth-order valence-electron chi connectivity index (χ4n) is 2.34. The van der Waals surface area contributed by atoms with Gasteiger partial charge in [0.25, 0.3) is 0 Å². The molecule has 0 saturated carbocycles. The van der Waals surface area contributed by atoms with Crippen LogP contribution in [-0.4, -0.2) is 68.7 Å². The Morgan fingerprint density at radius 3 is 2.64 bits per heavy atom. The molecule has 2 unspecified atom stereocenters. The Kier molecular flexibility index (Phi) is 7.59. The second kappa shape index (κ2) is 8.70. The third-order valence-corrected chi connectivity index (χ3v) is 3.62. The van der Waals surface area contributed by atoms with Crippen LogP contribution < -0.4 is 5.32 Å². The molecular weight excluding hydrogens is 284 g/mol. The molecule has 130 valence electrons. The number of morpholine rings is 1. The van der Waals surface area contributed by atoms with Crippen molar-refractivity contribution in [1.82, 2.24) is 10.2 Å². The molecule has 1 aliphatic heterocycles. The van der Waals surface area contributed by atoms with E-state index in [4.69, 9.17) is 14.2 Å². The van der Waals surface area contributed by atoms with Gasteiger partial charge >= 0.3 is 6.09 Å². The average Bonchev–Trinajstić information content (AvgIpc) is 2.41. The van der Waals surface area contributed by atoms with Crippen molar-refractivity contribution in [3.63, 3.8) is 0 Å². The maximum atomic E-state index is 12.3. The van der Waals surface area contributed by atoms with Gasteiger partial charge in [0.15, 0.2) is 0 Å². The molecule has 0 spiro atoms. The molecule has 1 aliphatic rings. The minimum atomic E-state index is -0.482. The summed E-state index contributed by atoms with van der Waals surface area (Å²) in [6.45, 7) is 12.9. The van der Waals surface area contributed by atoms with Crippen molar-refractivity contribution >= 4 is 6.09 Å². The van der Waals surface area contributed by atoms with E-state index < -0.39 is 5.60 Å². The smallest absolute Gasteiger partial charge is 0.410 e. The zero-order valence-corrected chi connectivity index (χ0v) is 14.8. The van der Waals surface area contributed by atoms with Gasteiger partial charge in [0.2, 0.25) is 0 Å². The molecule has 0 aromatic rings. The zero-order chi connectivity index (χ0) is 16.8. The minimum Gasteiger partial charge on any atom is -0.444 e. The largest absolute Gasteiger partial charge is 0.444 e. The van der Waals surface area contributed by atoms with Gasteiger partial charge in [0.05, 0.1) is 25.9 Å². The highest BCUT2D eigenvalue weighted by Gasteiger charge is 2.31. The van der Waals surface area contributed by atoms with E-state index in [0.29, 0.717) is 38.8 Å². The van der Waals surface area contributed by atoms with Crippen molar-refractivity contribution in [2.45, 2.75) is 52.3 Å². The fraction of sp³-hybridized carbons (Fsp3) is 0.938. The topological polar surface area (TPSA) is 60.0 Å². The van der Waals surface area contributed by atoms with Crippen LogP contribution in [0.25, 0.3) is 0 Å². The quantitative estimate of drug-likeness (QED) is 0.811. The second-order valence-corrected chi connectivity index (χ2v) is 7.12. The minimum absolute atomic E-state index is 0.0123. The van der Waals surface area contributed by atoms with Crippen LogP contribution in [0.15, 0.2) is 0 Å². The lowest BCUT2D eigenvalue weighted by Gasteiger charge is -2.37. The molecule has 0 aromatic carbocycles. The van der Waals surface area contributed by atoms with Crippen LogP contribution in [0.5, 0.6) is 0 Å². The van der Waals surface area contributed by atoms with Crippen LogP contribution in [0.3, 0.4) is 0 Å². The summed E-state index contributed by atoms with van der Waals surface area (Å²) in [7, 11) is 1.70. The maximum Gasteiger partial charge on any atom is 0.410 e. The van der Waals surface area contributed by atoms with Gasteiger partial charge < -0.3 is 19.5 Å². The molecule has 1 N–H and O–H groups in total. The first kappa shape index (κ1) is 19.2. The van der Waals surface area contributed by atoms with E-state index in [1.165, 1.54) is 0 Å². The highest BCUT2D eigenvalue weighted by molar-refractivity contribution is 5.68. The maximum absolute atomic E-state index is 12.3. The highest BCUT2D eigenvalue weighted by atomic mass is 16.6. The fourth-order valence-corrected chi connectivity index (χ4v) is 2.34. The summed E-state index contributed by atoms with van der Waals surface area (Å²) in [4.78, 5) is 14.1. The Labute approximate surface area is 134 Å². The standard InChI is InChI=1S/C16H32N2O4/c1-12(2)14(11-20-6)17-9-13-10-21-8-7-18(13)15(19)22-16(3,4)5/h12-14,17H,7-11H2,1-6H3. The molecule has 6 heteroatoms. The number of hydrogen-bond donors (Lipinski definition) is 1. The Hall–Kier alpha value is -0.850. The normalized spacial score (nSPS) is 21.0. The lowest BCUT2D eigenvalue weighted by molar-refractivity contribution is -0.0329. The van der Waals surface area contributed by atoms with Crippen LogP contribution in [0.4, 0.5) is 4.79 Å². The summed E-state index contributed by atoms with van der Waals surface area (Å²) in [6.07, 6.45) is -0.268. The van der Waals surface area contributed by atoms with Gasteiger partial charge in [-0.3, -0.25) is 4.90 Å². The van der Waals surface area contributed by atoms with E-state index in [2.05, 4.69) is 19.2 Å². The number of nitrogens with zero attached hydrogens (tertiary/aromatic N) is 1. The van der Waals surface area contributed by atoms with E-state index in [0.717, 1.165) is 0 Å². The summed E-state index contributed by atoms with van der Waals surface area (Å²) in [5.74, 6) is 0.458. The Bertz CT molecular complexity index is 342. The summed E-state index contributed by atoms with van der Waals surface area (Å²) < 4.78 is 16.3. The number of hydrogen-bond acceptors (Lipinski definition) is 5. The van der Waals surface area contributed by atoms with Crippen molar-refractivity contribution in [2.75, 3.05) is 40.0 Å². The predicted molar refractivity (Wildman–Crippen MR) is 86.1 cm³/mol. The van der Waals surface area contributed by atoms with Crippen LogP contribution in [0.2, 0.25) is 0 Å². The molecular formula is C16H32N2O4. The second-order valence-electron chi connectivity index (χ2n) is 7.12. The van der Waals surface area contributed by atoms with E-state index in [9.17, 15) is 4.79 Å². The van der Waals surface area contributed by atoms with Crippen LogP contribution in [0, 0.1) is 5.92 Å². The molecule has 1 rings (SSSR count). The molecule has 1 saturated heterocycles. The van der Waals surface area contributed by atoms with Gasteiger partial charge in [-0.2, -0.15) is 0 Å². The molecule has 2 atom stereocenters. The van der Waals surface area contributed by atoms with Crippen LogP contribution >= 0.6 is 0 Å². The summed E-state index contributed by atoms with van der Waals surface area (Å²) in [5.41, 5.74) is -0.482. The predicted octanol–water partition coefficient (Wildman–Crippen LogP) is 1.88. The first-order valence-corrected chi connectivity index (χ1v) is 8.04. The van der Waals surface area contributed by atoms with E-state index in [1.807, 2.05) is 20.8 Å². The number of amides is 1. The summed E-state index contributed by atoms with van der Waals surface area (Å²) >= 11 is 0. The van der Waals surface area contributed by atoms with Crippen molar-refractivity contribution in [3.8, 4) is 0 Å². The summed E-state index contributed by atoms with van der Waals surface area (Å²) in [6, 6.07) is 0.245. The molecule has 1 fully saturated rings. The number of nitrogens with one attached hydrogen (secondary N) is 1. The monoisotopic (exact) mass is 316 g/mol. The molecule has 0 radical (unpaired) electrons. The first-order valence-electron chi connectivity index (χ1n) is 8.04. The van der Waals surface area contributed by atoms with Gasteiger partial charge in [-0.1, -0.05) is 13.8 Å². The van der Waals surface area contributed by atoms with Crippen LogP contribution in [-0.2, 0) is 14.2 Å². The third kappa shape index (κ3) is 6.50. The molecule has 22 heavy (non-hydrogen) atoms. The SMILES string of the molecule is COCC(NCC1COCCN1C(=O)OC(C)(C)C)C(C)C. The molecule has 0 aromatic heterocycles. The van der Waals surface area contributed by atoms with Gasteiger partial charge in [0, 0.05) is 26.2 Å². The first-order chi connectivity index (χ1) is 10.2. The number of methoxy groups -OCH3 is 1. The molecule has 0 bridgehead atoms. The molecule has 0 aliphatic carbocycles. The van der Waals surface area contributed by atoms with Crippen molar-refractivity contribution in [2.24, 2.45) is 5.92 Å². The van der Waals surface area contributed by atoms with Crippen molar-refractivity contribution in [1.29, 1.82) is 0 Å². The molecule has 1 amide bonds. The number of ether oxygens (including phenoxy) is 3. The van der Waals surface area contributed by atoms with Crippen molar-refractivity contribution in [3.05, 3.63) is 0 Å². The van der Waals surface area contributed by atoms with E-state index in [1.54, 1.807) is 12.0 Å². The highest BCUT2D eigenvalue weighted by Crippen LogP contribution is 2.15. The van der Waals surface area contributed by atoms with Gasteiger partial charge in [-0.05, 0) is 26.7 Å². The Morgan fingerprint density at radius 2 is 2.09 bits per heavy atom. The lowest BCUT2D eigenvalue weighted by atomic mass is 10.0.